The molecule has 5 heteroatoms. The third-order valence-corrected chi connectivity index (χ3v) is 5.06. The number of unbranched alkanes of at least 4 members (excludes halogenated alkanes) is 1. The van der Waals surface area contributed by atoms with E-state index in [9.17, 15) is 4.79 Å². The number of carboxylic acid groups (broad SMARTS) is 1. The van der Waals surface area contributed by atoms with E-state index in [1.54, 1.807) is 7.11 Å². The summed E-state index contributed by atoms with van der Waals surface area (Å²) < 4.78 is 5.25. The van der Waals surface area contributed by atoms with E-state index in [1.165, 1.54) is 5.56 Å². The minimum Gasteiger partial charge on any atom is -0.497 e. The number of aromatic nitrogens is 1. The maximum atomic E-state index is 10.8. The number of carbonyl (C=O) groups is 1. The Balaban J connectivity index is 1.90. The topological polar surface area (TPSA) is 74.7 Å². The molecule has 0 aliphatic carbocycles. The quantitative estimate of drug-likeness (QED) is 0.580. The molecule has 1 aromatic carbocycles. The highest BCUT2D eigenvalue weighted by atomic mass is 16.5. The molecule has 1 aromatic heterocycles. The average Bonchev–Trinajstić information content (AvgIpc) is 3.28. The van der Waals surface area contributed by atoms with Gasteiger partial charge in [0.2, 0.25) is 0 Å². The summed E-state index contributed by atoms with van der Waals surface area (Å²) in [5.41, 5.74) is 7.30. The van der Waals surface area contributed by atoms with Gasteiger partial charge in [0.1, 0.15) is 5.75 Å². The van der Waals surface area contributed by atoms with Gasteiger partial charge in [-0.05, 0) is 78.9 Å². The van der Waals surface area contributed by atoms with E-state index >= 15 is 0 Å². The van der Waals surface area contributed by atoms with E-state index in [-0.39, 0.29) is 6.42 Å². The summed E-state index contributed by atoms with van der Waals surface area (Å²) in [4.78, 5) is 19.0. The van der Waals surface area contributed by atoms with Gasteiger partial charge in [-0.25, -0.2) is 0 Å². The molecule has 0 bridgehead atoms. The van der Waals surface area contributed by atoms with Crippen LogP contribution in [0.15, 0.2) is 52.7 Å². The summed E-state index contributed by atoms with van der Waals surface area (Å²) >= 11 is 0. The third-order valence-electron chi connectivity index (χ3n) is 5.06. The number of H-pyrrole nitrogens is 1. The highest BCUT2D eigenvalue weighted by Crippen LogP contribution is 2.29. The van der Waals surface area contributed by atoms with Gasteiger partial charge in [-0.15, -0.1) is 0 Å². The van der Waals surface area contributed by atoms with Crippen molar-refractivity contribution < 1.29 is 14.6 Å². The number of aliphatic imine (C=N–C) groups is 1. The van der Waals surface area contributed by atoms with Crippen LogP contribution in [-0.2, 0) is 11.2 Å². The molecule has 152 valence electrons. The number of hydrogen-bond donors (Lipinski definition) is 2. The number of aryl methyl sites for hydroxylation is 1. The van der Waals surface area contributed by atoms with E-state index in [2.05, 4.69) is 29.0 Å². The predicted molar refractivity (Wildman–Crippen MR) is 117 cm³/mol. The number of nitrogens with one attached hydrogen (secondary N) is 1. The summed E-state index contributed by atoms with van der Waals surface area (Å²) in [7, 11) is 1.67. The van der Waals surface area contributed by atoms with Gasteiger partial charge in [0.15, 0.2) is 0 Å². The fraction of sp³-hybridized carbons (Fsp3) is 0.333. The van der Waals surface area contributed by atoms with Gasteiger partial charge < -0.3 is 14.8 Å². The Labute approximate surface area is 171 Å². The largest absolute Gasteiger partial charge is 0.497 e. The van der Waals surface area contributed by atoms with Gasteiger partial charge in [0, 0.05) is 23.5 Å². The smallest absolute Gasteiger partial charge is 0.303 e. The molecule has 2 aromatic rings. The molecule has 0 radical (unpaired) electrons. The fourth-order valence-electron chi connectivity index (χ4n) is 3.39. The molecule has 0 spiro atoms. The molecule has 0 fully saturated rings. The SMILES string of the molecule is CCCCc1cc(-c2ccc(OC)cc2)[nH]c1/C=C1\N=C(CCC(=O)O)C=C1C. The summed E-state index contributed by atoms with van der Waals surface area (Å²) in [6.07, 6.45) is 7.87. The van der Waals surface area contributed by atoms with Crippen LogP contribution in [0.3, 0.4) is 0 Å². The Morgan fingerprint density at radius 3 is 2.66 bits per heavy atom. The molecule has 29 heavy (non-hydrogen) atoms. The Bertz CT molecular complexity index is 963. The fourth-order valence-corrected chi connectivity index (χ4v) is 3.39. The first-order chi connectivity index (χ1) is 14.0. The Morgan fingerprint density at radius 1 is 1.24 bits per heavy atom. The average molecular weight is 392 g/mol. The second kappa shape index (κ2) is 9.41. The lowest BCUT2D eigenvalue weighted by atomic mass is 10.1. The molecule has 0 saturated heterocycles. The zero-order chi connectivity index (χ0) is 20.8. The number of allylic oxidation sites excluding steroid dienone is 2. The van der Waals surface area contributed by atoms with Crippen LogP contribution in [0.1, 0.15) is 50.8 Å². The number of ether oxygens (including phenoxy) is 1. The number of aliphatic carboxylic acids is 1. The molecule has 2 heterocycles. The number of rotatable bonds is 9. The van der Waals surface area contributed by atoms with Crippen molar-refractivity contribution in [3.8, 4) is 17.0 Å². The Morgan fingerprint density at radius 2 is 2.00 bits per heavy atom. The highest BCUT2D eigenvalue weighted by molar-refractivity contribution is 6.01. The van der Waals surface area contributed by atoms with E-state index in [0.717, 1.165) is 58.9 Å². The van der Waals surface area contributed by atoms with Crippen LogP contribution in [0, 0.1) is 0 Å². The standard InChI is InChI=1S/C24H28N2O3/c1-4-5-6-18-14-22(17-7-10-20(29-3)11-8-17)26-23(18)15-21-16(2)13-19(25-21)9-12-24(27)28/h7-8,10-11,13-15,26H,4-6,9,12H2,1-3H3,(H,27,28)/b21-15-. The molecule has 0 atom stereocenters. The predicted octanol–water partition coefficient (Wildman–Crippen LogP) is 5.64. The molecule has 0 unspecified atom stereocenters. The number of hydrogen-bond acceptors (Lipinski definition) is 3. The van der Waals surface area contributed by atoms with Crippen LogP contribution in [0.5, 0.6) is 5.75 Å². The number of methoxy groups -OCH3 is 1. The van der Waals surface area contributed by atoms with E-state index in [4.69, 9.17) is 9.84 Å². The molecule has 1 aliphatic heterocycles. The molecule has 5 nitrogen and oxygen atoms in total. The van der Waals surface area contributed by atoms with Crippen LogP contribution in [0.25, 0.3) is 17.3 Å². The monoisotopic (exact) mass is 392 g/mol. The first-order valence-electron chi connectivity index (χ1n) is 10.1. The van der Waals surface area contributed by atoms with Gasteiger partial charge in [0.25, 0.3) is 0 Å². The van der Waals surface area contributed by atoms with Crippen molar-refractivity contribution in [1.82, 2.24) is 4.98 Å². The van der Waals surface area contributed by atoms with Crippen LogP contribution < -0.4 is 4.74 Å². The number of benzene rings is 1. The number of carboxylic acids is 1. The van der Waals surface area contributed by atoms with Gasteiger partial charge in [-0.3, -0.25) is 9.79 Å². The highest BCUT2D eigenvalue weighted by Gasteiger charge is 2.14. The van der Waals surface area contributed by atoms with E-state index < -0.39 is 5.97 Å². The molecule has 1 aliphatic rings. The van der Waals surface area contributed by atoms with Crippen LogP contribution >= 0.6 is 0 Å². The summed E-state index contributed by atoms with van der Waals surface area (Å²) in [6.45, 7) is 4.21. The van der Waals surface area contributed by atoms with Crippen molar-refractivity contribution in [2.45, 2.75) is 46.0 Å². The summed E-state index contributed by atoms with van der Waals surface area (Å²) in [5, 5.41) is 8.90. The molecule has 0 saturated carbocycles. The first kappa shape index (κ1) is 20.6. The lowest BCUT2D eigenvalue weighted by Crippen LogP contribution is -1.99. The first-order valence-corrected chi connectivity index (χ1v) is 10.1. The van der Waals surface area contributed by atoms with E-state index in [1.807, 2.05) is 37.3 Å². The van der Waals surface area contributed by atoms with Crippen LogP contribution in [-0.4, -0.2) is 28.9 Å². The molecule has 0 amide bonds. The van der Waals surface area contributed by atoms with Gasteiger partial charge >= 0.3 is 5.97 Å². The van der Waals surface area contributed by atoms with Crippen LogP contribution in [0.2, 0.25) is 0 Å². The maximum Gasteiger partial charge on any atom is 0.303 e. The molecule has 3 rings (SSSR count). The normalized spacial score (nSPS) is 14.8. The van der Waals surface area contributed by atoms with Crippen molar-refractivity contribution in [3.63, 3.8) is 0 Å². The second-order valence-electron chi connectivity index (χ2n) is 7.31. The summed E-state index contributed by atoms with van der Waals surface area (Å²) in [6, 6.07) is 10.2. The minimum absolute atomic E-state index is 0.0990. The van der Waals surface area contributed by atoms with E-state index in [0.29, 0.717) is 6.42 Å². The number of nitrogens with zero attached hydrogens (tertiary/aromatic N) is 1. The van der Waals surface area contributed by atoms with Gasteiger partial charge in [-0.2, -0.15) is 0 Å². The number of aromatic amines is 1. The van der Waals surface area contributed by atoms with Crippen molar-refractivity contribution in [2.75, 3.05) is 7.11 Å². The maximum absolute atomic E-state index is 10.8. The zero-order valence-electron chi connectivity index (χ0n) is 17.3. The van der Waals surface area contributed by atoms with Gasteiger partial charge in [-0.1, -0.05) is 13.3 Å². The molecule has 2 N–H and O–H groups in total. The third kappa shape index (κ3) is 5.25. The summed E-state index contributed by atoms with van der Waals surface area (Å²) in [5.74, 6) is 0.0373. The second-order valence-corrected chi connectivity index (χ2v) is 7.31. The Kier molecular flexibility index (Phi) is 6.70. The van der Waals surface area contributed by atoms with Crippen LogP contribution in [0.4, 0.5) is 0 Å². The molecular formula is C24H28N2O3. The lowest BCUT2D eigenvalue weighted by Gasteiger charge is -2.02. The van der Waals surface area contributed by atoms with Crippen molar-refractivity contribution in [3.05, 3.63) is 58.9 Å². The van der Waals surface area contributed by atoms with Gasteiger partial charge in [0.05, 0.1) is 19.2 Å². The lowest BCUT2D eigenvalue weighted by molar-refractivity contribution is -0.136. The minimum atomic E-state index is -0.800. The Hall–Kier alpha value is -3.08. The van der Waals surface area contributed by atoms with Crippen molar-refractivity contribution in [2.24, 2.45) is 4.99 Å². The zero-order valence-corrected chi connectivity index (χ0v) is 17.3. The molecular weight excluding hydrogens is 364 g/mol. The van der Waals surface area contributed by atoms with Crippen molar-refractivity contribution >= 4 is 17.8 Å². The van der Waals surface area contributed by atoms with Crippen molar-refractivity contribution in [1.29, 1.82) is 0 Å².